The van der Waals surface area contributed by atoms with Crippen LogP contribution in [0.25, 0.3) is 0 Å². The molecule has 1 N–H and O–H groups in total. The summed E-state index contributed by atoms with van der Waals surface area (Å²) >= 11 is 18.5. The number of anilines is 1. The van der Waals surface area contributed by atoms with Crippen LogP contribution in [0.3, 0.4) is 0 Å². The quantitative estimate of drug-likeness (QED) is 0.718. The maximum absolute atomic E-state index is 6.21. The Kier molecular flexibility index (Phi) is 4.62. The van der Waals surface area contributed by atoms with Crippen LogP contribution in [-0.4, -0.2) is 0 Å². The maximum atomic E-state index is 6.21. The number of rotatable bonds is 3. The Bertz CT molecular complexity index is 596. The lowest BCUT2D eigenvalue weighted by Crippen LogP contribution is -2.07. The standard InChI is InChI=1S/C15H14Cl3N/c1-9-6-7-14(13(17)8-9)19-10(2)11-4-3-5-12(16)15(11)18/h3-8,10,19H,1-2H3. The minimum Gasteiger partial charge on any atom is -0.377 e. The summed E-state index contributed by atoms with van der Waals surface area (Å²) in [5.41, 5.74) is 2.96. The molecule has 0 saturated carbocycles. The second kappa shape index (κ2) is 6.04. The largest absolute Gasteiger partial charge is 0.377 e. The third-order valence-corrected chi connectivity index (χ3v) is 4.09. The average Bonchev–Trinajstić information content (AvgIpc) is 2.36. The summed E-state index contributed by atoms with van der Waals surface area (Å²) in [4.78, 5) is 0. The number of nitrogens with one attached hydrogen (secondary N) is 1. The van der Waals surface area contributed by atoms with Gasteiger partial charge in [0.2, 0.25) is 0 Å². The van der Waals surface area contributed by atoms with Crippen LogP contribution in [0.1, 0.15) is 24.1 Å². The zero-order chi connectivity index (χ0) is 14.0. The minimum absolute atomic E-state index is 0.0198. The fraction of sp³-hybridized carbons (Fsp3) is 0.200. The second-order valence-electron chi connectivity index (χ2n) is 4.49. The fourth-order valence-corrected chi connectivity index (χ4v) is 2.66. The summed E-state index contributed by atoms with van der Waals surface area (Å²) in [6.07, 6.45) is 0. The number of aryl methyl sites for hydroxylation is 1. The van der Waals surface area contributed by atoms with Gasteiger partial charge >= 0.3 is 0 Å². The molecule has 0 bridgehead atoms. The Morgan fingerprint density at radius 2 is 1.74 bits per heavy atom. The summed E-state index contributed by atoms with van der Waals surface area (Å²) in [5.74, 6) is 0. The SMILES string of the molecule is Cc1ccc(NC(C)c2cccc(Cl)c2Cl)c(Cl)c1. The van der Waals surface area contributed by atoms with Crippen molar-refractivity contribution in [3.8, 4) is 0 Å². The summed E-state index contributed by atoms with van der Waals surface area (Å²) in [6, 6.07) is 11.5. The number of hydrogen-bond donors (Lipinski definition) is 1. The highest BCUT2D eigenvalue weighted by molar-refractivity contribution is 6.42. The number of benzene rings is 2. The molecule has 0 aliphatic rings. The normalized spacial score (nSPS) is 12.3. The van der Waals surface area contributed by atoms with Crippen molar-refractivity contribution in [1.82, 2.24) is 0 Å². The Hall–Kier alpha value is -0.890. The van der Waals surface area contributed by atoms with Gasteiger partial charge in [0.05, 0.1) is 26.8 Å². The molecule has 19 heavy (non-hydrogen) atoms. The molecule has 2 aromatic carbocycles. The van der Waals surface area contributed by atoms with Crippen LogP contribution in [0.2, 0.25) is 15.1 Å². The molecular formula is C15H14Cl3N. The van der Waals surface area contributed by atoms with Crippen LogP contribution in [-0.2, 0) is 0 Å². The maximum Gasteiger partial charge on any atom is 0.0644 e. The number of halogens is 3. The van der Waals surface area contributed by atoms with Crippen molar-refractivity contribution in [2.45, 2.75) is 19.9 Å². The Labute approximate surface area is 128 Å². The van der Waals surface area contributed by atoms with E-state index in [1.165, 1.54) is 0 Å². The highest BCUT2D eigenvalue weighted by Gasteiger charge is 2.12. The van der Waals surface area contributed by atoms with Crippen LogP contribution in [0.5, 0.6) is 0 Å². The van der Waals surface area contributed by atoms with E-state index in [0.717, 1.165) is 16.8 Å². The number of hydrogen-bond acceptors (Lipinski definition) is 1. The van der Waals surface area contributed by atoms with E-state index in [4.69, 9.17) is 34.8 Å². The smallest absolute Gasteiger partial charge is 0.0644 e. The van der Waals surface area contributed by atoms with Gasteiger partial charge in [-0.25, -0.2) is 0 Å². The lowest BCUT2D eigenvalue weighted by Gasteiger charge is -2.18. The van der Waals surface area contributed by atoms with Crippen LogP contribution >= 0.6 is 34.8 Å². The molecule has 1 unspecified atom stereocenters. The Balaban J connectivity index is 2.25. The second-order valence-corrected chi connectivity index (χ2v) is 5.68. The van der Waals surface area contributed by atoms with Gasteiger partial charge in [-0.15, -0.1) is 0 Å². The minimum atomic E-state index is 0.0198. The Morgan fingerprint density at radius 1 is 1.00 bits per heavy atom. The monoisotopic (exact) mass is 313 g/mol. The summed E-state index contributed by atoms with van der Waals surface area (Å²) in [6.45, 7) is 4.03. The predicted molar refractivity (Wildman–Crippen MR) is 84.7 cm³/mol. The summed E-state index contributed by atoms with van der Waals surface area (Å²) < 4.78 is 0. The first-order valence-corrected chi connectivity index (χ1v) is 7.09. The van der Waals surface area contributed by atoms with E-state index in [9.17, 15) is 0 Å². The molecule has 1 nitrogen and oxygen atoms in total. The van der Waals surface area contributed by atoms with Crippen molar-refractivity contribution in [3.05, 3.63) is 62.6 Å². The highest BCUT2D eigenvalue weighted by atomic mass is 35.5. The zero-order valence-electron chi connectivity index (χ0n) is 10.7. The van der Waals surface area contributed by atoms with Gasteiger partial charge < -0.3 is 5.32 Å². The van der Waals surface area contributed by atoms with Gasteiger partial charge in [-0.05, 0) is 43.2 Å². The van der Waals surface area contributed by atoms with Gasteiger partial charge in [-0.1, -0.05) is 53.0 Å². The van der Waals surface area contributed by atoms with E-state index in [2.05, 4.69) is 5.32 Å². The first-order chi connectivity index (χ1) is 8.99. The zero-order valence-corrected chi connectivity index (χ0v) is 12.9. The van der Waals surface area contributed by atoms with E-state index < -0.39 is 0 Å². The van der Waals surface area contributed by atoms with Gasteiger partial charge in [0.25, 0.3) is 0 Å². The van der Waals surface area contributed by atoms with Gasteiger partial charge in [-0.2, -0.15) is 0 Å². The summed E-state index contributed by atoms with van der Waals surface area (Å²) in [5, 5.41) is 5.18. The van der Waals surface area contributed by atoms with Crippen LogP contribution in [0, 0.1) is 6.92 Å². The van der Waals surface area contributed by atoms with Gasteiger partial charge in [0.1, 0.15) is 0 Å². The highest BCUT2D eigenvalue weighted by Crippen LogP contribution is 2.33. The van der Waals surface area contributed by atoms with Crippen LogP contribution in [0.15, 0.2) is 36.4 Å². The molecule has 0 radical (unpaired) electrons. The molecule has 0 amide bonds. The lowest BCUT2D eigenvalue weighted by atomic mass is 10.1. The van der Waals surface area contributed by atoms with Crippen molar-refractivity contribution < 1.29 is 0 Å². The third kappa shape index (κ3) is 3.36. The van der Waals surface area contributed by atoms with Gasteiger partial charge in [-0.3, -0.25) is 0 Å². The van der Waals surface area contributed by atoms with Gasteiger partial charge in [0, 0.05) is 0 Å². The molecule has 2 rings (SSSR count). The van der Waals surface area contributed by atoms with Crippen molar-refractivity contribution in [2.75, 3.05) is 5.32 Å². The molecule has 0 saturated heterocycles. The average molecular weight is 315 g/mol. The molecule has 0 aliphatic carbocycles. The molecule has 0 aliphatic heterocycles. The van der Waals surface area contributed by atoms with Crippen LogP contribution < -0.4 is 5.32 Å². The molecule has 0 heterocycles. The van der Waals surface area contributed by atoms with Gasteiger partial charge in [0.15, 0.2) is 0 Å². The molecule has 0 aromatic heterocycles. The molecule has 1 atom stereocenters. The fourth-order valence-electron chi connectivity index (χ4n) is 1.90. The van der Waals surface area contributed by atoms with Crippen molar-refractivity contribution in [3.63, 3.8) is 0 Å². The third-order valence-electron chi connectivity index (χ3n) is 2.94. The first kappa shape index (κ1) is 14.5. The van der Waals surface area contributed by atoms with Crippen molar-refractivity contribution in [1.29, 1.82) is 0 Å². The van der Waals surface area contributed by atoms with Crippen molar-refractivity contribution in [2.24, 2.45) is 0 Å². The van der Waals surface area contributed by atoms with E-state index in [-0.39, 0.29) is 6.04 Å². The first-order valence-electron chi connectivity index (χ1n) is 5.95. The molecule has 0 spiro atoms. The molecule has 4 heteroatoms. The molecular weight excluding hydrogens is 301 g/mol. The van der Waals surface area contributed by atoms with E-state index in [1.807, 2.05) is 44.2 Å². The lowest BCUT2D eigenvalue weighted by molar-refractivity contribution is 0.885. The van der Waals surface area contributed by atoms with E-state index in [0.29, 0.717) is 15.1 Å². The topological polar surface area (TPSA) is 12.0 Å². The predicted octanol–water partition coefficient (Wildman–Crippen LogP) is 6.13. The molecule has 100 valence electrons. The van der Waals surface area contributed by atoms with Crippen molar-refractivity contribution >= 4 is 40.5 Å². The van der Waals surface area contributed by atoms with E-state index >= 15 is 0 Å². The van der Waals surface area contributed by atoms with E-state index in [1.54, 1.807) is 6.07 Å². The van der Waals surface area contributed by atoms with Crippen LogP contribution in [0.4, 0.5) is 5.69 Å². The Morgan fingerprint density at radius 3 is 2.42 bits per heavy atom. The molecule has 0 fully saturated rings. The molecule has 2 aromatic rings. The summed E-state index contributed by atoms with van der Waals surface area (Å²) in [7, 11) is 0.